The van der Waals surface area contributed by atoms with Gasteiger partial charge in [0.15, 0.2) is 5.69 Å². The van der Waals surface area contributed by atoms with Crippen LogP contribution in [0.2, 0.25) is 5.02 Å². The van der Waals surface area contributed by atoms with E-state index in [0.717, 1.165) is 25.6 Å². The molecular weight excluding hydrogens is 480 g/mol. The van der Waals surface area contributed by atoms with Crippen LogP contribution in [0, 0.1) is 0 Å². The maximum Gasteiger partial charge on any atom is 0.459 e. The van der Waals surface area contributed by atoms with Crippen LogP contribution in [-0.4, -0.2) is 36.6 Å². The number of halogens is 9. The van der Waals surface area contributed by atoms with Crippen LogP contribution in [0.3, 0.4) is 0 Å². The first-order chi connectivity index (χ1) is 14.6. The fraction of sp³-hybridized carbons (Fsp3) is 0.235. The summed E-state index contributed by atoms with van der Waals surface area (Å²) in [5.41, 5.74) is -5.18. The molecule has 0 unspecified atom stereocenters. The summed E-state index contributed by atoms with van der Waals surface area (Å²) < 4.78 is 107. The molecule has 0 aliphatic heterocycles. The molecule has 172 valence electrons. The second kappa shape index (κ2) is 7.46. The van der Waals surface area contributed by atoms with E-state index in [2.05, 4.69) is 10.1 Å². The third-order valence-electron chi connectivity index (χ3n) is 4.27. The van der Waals surface area contributed by atoms with Gasteiger partial charge in [-0.25, -0.2) is 9.78 Å². The number of nitrogens with zero attached hydrogens (tertiary/aromatic N) is 4. The average Bonchev–Trinajstić information content (AvgIpc) is 3.25. The van der Waals surface area contributed by atoms with Gasteiger partial charge in [-0.2, -0.15) is 40.2 Å². The summed E-state index contributed by atoms with van der Waals surface area (Å²) in [5, 5.41) is 11.8. The van der Waals surface area contributed by atoms with E-state index in [0.29, 0.717) is 4.57 Å². The van der Waals surface area contributed by atoms with Crippen LogP contribution in [0.25, 0.3) is 17.1 Å². The number of aromatic carboxylic acids is 1. The van der Waals surface area contributed by atoms with Gasteiger partial charge in [-0.15, -0.1) is 0 Å². The average molecular weight is 489 g/mol. The van der Waals surface area contributed by atoms with Crippen molar-refractivity contribution >= 4 is 17.6 Å². The quantitative estimate of drug-likeness (QED) is 0.506. The van der Waals surface area contributed by atoms with Crippen LogP contribution in [-0.2, 0) is 19.1 Å². The molecule has 15 heteroatoms. The van der Waals surface area contributed by atoms with Crippen LogP contribution < -0.4 is 0 Å². The molecule has 0 atom stereocenters. The monoisotopic (exact) mass is 488 g/mol. The topological polar surface area (TPSA) is 72.9 Å². The Balaban J connectivity index is 2.20. The number of aryl methyl sites for hydroxylation is 1. The van der Waals surface area contributed by atoms with Crippen molar-refractivity contribution in [2.75, 3.05) is 0 Å². The van der Waals surface area contributed by atoms with Crippen LogP contribution in [0.4, 0.5) is 35.1 Å². The van der Waals surface area contributed by atoms with Crippen LogP contribution in [0.15, 0.2) is 30.7 Å². The van der Waals surface area contributed by atoms with E-state index < -0.39 is 41.3 Å². The minimum Gasteiger partial charge on any atom is -0.478 e. The lowest BCUT2D eigenvalue weighted by Crippen LogP contribution is -2.36. The largest absolute Gasteiger partial charge is 0.478 e. The third-order valence-corrected chi connectivity index (χ3v) is 4.60. The summed E-state index contributed by atoms with van der Waals surface area (Å²) in [5.74, 6) is -8.44. The molecule has 0 fully saturated rings. The lowest BCUT2D eigenvalue weighted by atomic mass is 10.1. The van der Waals surface area contributed by atoms with Crippen molar-refractivity contribution in [3.05, 3.63) is 52.6 Å². The Morgan fingerprint density at radius 3 is 2.25 bits per heavy atom. The molecule has 0 bridgehead atoms. The molecule has 32 heavy (non-hydrogen) atoms. The highest BCUT2D eigenvalue weighted by molar-refractivity contribution is 6.33. The Morgan fingerprint density at radius 2 is 1.72 bits per heavy atom. The molecular formula is C17H9ClF8N4O2. The van der Waals surface area contributed by atoms with Crippen molar-refractivity contribution in [2.45, 2.75) is 18.3 Å². The fourth-order valence-corrected chi connectivity index (χ4v) is 3.06. The van der Waals surface area contributed by atoms with Gasteiger partial charge in [0.05, 0.1) is 16.3 Å². The Morgan fingerprint density at radius 1 is 1.09 bits per heavy atom. The van der Waals surface area contributed by atoms with Gasteiger partial charge >= 0.3 is 24.2 Å². The summed E-state index contributed by atoms with van der Waals surface area (Å²) in [6.45, 7) is 0. The lowest BCUT2D eigenvalue weighted by Gasteiger charge is -2.19. The number of carboxylic acids is 1. The number of hydrogen-bond acceptors (Lipinski definition) is 3. The third kappa shape index (κ3) is 3.89. The molecule has 2 aromatic heterocycles. The fourth-order valence-electron chi connectivity index (χ4n) is 2.86. The SMILES string of the molecule is Cn1nc(C(F)(F)C(F)(F)F)c(C(F)(F)F)c1-n1cnc(-c2ccc(Cl)c(C(=O)O)c2)c1. The molecule has 0 aliphatic carbocycles. The van der Waals surface area contributed by atoms with E-state index >= 15 is 0 Å². The minimum absolute atomic E-state index is 0.0853. The molecule has 0 radical (unpaired) electrons. The standard InChI is InChI=1S/C17H9ClF8N4O2/c1-29-13(11(16(21,22)23)12(28-29)15(19,20)17(24,25)26)30-5-10(27-6-30)7-2-3-9(18)8(4-7)14(31)32/h2-6H,1H3,(H,31,32). The second-order valence-electron chi connectivity index (χ2n) is 6.41. The Labute approximate surface area is 177 Å². The molecule has 0 saturated heterocycles. The van der Waals surface area contributed by atoms with Crippen molar-refractivity contribution < 1.29 is 45.0 Å². The van der Waals surface area contributed by atoms with E-state index in [9.17, 15) is 39.9 Å². The van der Waals surface area contributed by atoms with Gasteiger partial charge in [0.25, 0.3) is 0 Å². The van der Waals surface area contributed by atoms with Gasteiger partial charge in [0.2, 0.25) is 0 Å². The summed E-state index contributed by atoms with van der Waals surface area (Å²) in [7, 11) is 0.755. The zero-order valence-electron chi connectivity index (χ0n) is 15.4. The first-order valence-electron chi connectivity index (χ1n) is 8.22. The predicted molar refractivity (Wildman–Crippen MR) is 92.7 cm³/mol. The van der Waals surface area contributed by atoms with E-state index in [1.165, 1.54) is 12.1 Å². The number of benzene rings is 1. The first kappa shape index (κ1) is 23.5. The van der Waals surface area contributed by atoms with Gasteiger partial charge < -0.3 is 5.11 Å². The van der Waals surface area contributed by atoms with Gasteiger partial charge in [0, 0.05) is 18.8 Å². The molecule has 0 aliphatic rings. The molecule has 0 saturated carbocycles. The Kier molecular flexibility index (Phi) is 5.48. The zero-order valence-corrected chi connectivity index (χ0v) is 16.2. The zero-order chi connectivity index (χ0) is 24.2. The molecule has 3 rings (SSSR count). The van der Waals surface area contributed by atoms with Gasteiger partial charge in [-0.05, 0) is 12.1 Å². The number of alkyl halides is 8. The minimum atomic E-state index is -6.32. The smallest absolute Gasteiger partial charge is 0.459 e. The van der Waals surface area contributed by atoms with Crippen molar-refractivity contribution in [1.29, 1.82) is 0 Å². The second-order valence-corrected chi connectivity index (χ2v) is 6.81. The number of imidazole rings is 1. The highest BCUT2D eigenvalue weighted by Gasteiger charge is 2.64. The lowest BCUT2D eigenvalue weighted by molar-refractivity contribution is -0.292. The number of carbonyl (C=O) groups is 1. The van der Waals surface area contributed by atoms with Crippen molar-refractivity contribution in [1.82, 2.24) is 19.3 Å². The molecule has 1 N–H and O–H groups in total. The maximum absolute atomic E-state index is 13.8. The van der Waals surface area contributed by atoms with E-state index in [-0.39, 0.29) is 26.5 Å². The van der Waals surface area contributed by atoms with E-state index in [4.69, 9.17) is 16.7 Å². The van der Waals surface area contributed by atoms with Crippen molar-refractivity contribution in [2.24, 2.45) is 7.05 Å². The number of hydrogen-bond donors (Lipinski definition) is 1. The van der Waals surface area contributed by atoms with Crippen LogP contribution >= 0.6 is 11.6 Å². The summed E-state index contributed by atoms with van der Waals surface area (Å²) in [4.78, 5) is 15.0. The summed E-state index contributed by atoms with van der Waals surface area (Å²) in [6.07, 6.45) is -10.3. The predicted octanol–water partition coefficient (Wildman–Crippen LogP) is 5.30. The van der Waals surface area contributed by atoms with Crippen molar-refractivity contribution in [3.63, 3.8) is 0 Å². The Hall–Kier alpha value is -3.16. The molecule has 6 nitrogen and oxygen atoms in total. The van der Waals surface area contributed by atoms with E-state index in [1.807, 2.05) is 0 Å². The Bertz CT molecular complexity index is 1200. The van der Waals surface area contributed by atoms with Gasteiger partial charge in [-0.1, -0.05) is 17.7 Å². The normalized spacial score (nSPS) is 12.9. The van der Waals surface area contributed by atoms with Crippen LogP contribution in [0.5, 0.6) is 0 Å². The molecule has 1 aromatic carbocycles. The molecule has 0 spiro atoms. The molecule has 2 heterocycles. The van der Waals surface area contributed by atoms with Gasteiger partial charge in [-0.3, -0.25) is 9.25 Å². The van der Waals surface area contributed by atoms with Crippen molar-refractivity contribution in [3.8, 4) is 17.1 Å². The summed E-state index contributed by atoms with van der Waals surface area (Å²) in [6, 6.07) is 3.54. The number of rotatable bonds is 4. The highest BCUT2D eigenvalue weighted by atomic mass is 35.5. The molecule has 0 amide bonds. The highest BCUT2D eigenvalue weighted by Crippen LogP contribution is 2.49. The van der Waals surface area contributed by atoms with Gasteiger partial charge in [0.1, 0.15) is 17.7 Å². The summed E-state index contributed by atoms with van der Waals surface area (Å²) >= 11 is 5.75. The number of carboxylic acid groups (broad SMARTS) is 1. The number of aromatic nitrogens is 4. The first-order valence-corrected chi connectivity index (χ1v) is 8.60. The maximum atomic E-state index is 13.8. The van der Waals surface area contributed by atoms with E-state index in [1.54, 1.807) is 0 Å². The molecule has 3 aromatic rings. The van der Waals surface area contributed by atoms with Crippen LogP contribution in [0.1, 0.15) is 21.6 Å².